The summed E-state index contributed by atoms with van der Waals surface area (Å²) in [5.41, 5.74) is 2.31. The number of carbonyl (C=O) groups is 1. The number of amides is 1. The zero-order valence-electron chi connectivity index (χ0n) is 15.2. The quantitative estimate of drug-likeness (QED) is 0.878. The summed E-state index contributed by atoms with van der Waals surface area (Å²) in [5.74, 6) is 0.0779. The minimum Gasteiger partial charge on any atom is -0.337 e. The van der Waals surface area contributed by atoms with Crippen LogP contribution in [0.5, 0.6) is 0 Å². The Bertz CT molecular complexity index is 731. The van der Waals surface area contributed by atoms with E-state index in [1.54, 1.807) is 6.20 Å². The molecule has 1 unspecified atom stereocenters. The van der Waals surface area contributed by atoms with E-state index in [1.807, 2.05) is 29.6 Å². The van der Waals surface area contributed by atoms with Crippen LogP contribution in [-0.4, -0.2) is 51.8 Å². The summed E-state index contributed by atoms with van der Waals surface area (Å²) in [6.07, 6.45) is 3.96. The summed E-state index contributed by atoms with van der Waals surface area (Å²) in [6, 6.07) is 2.57. The van der Waals surface area contributed by atoms with Gasteiger partial charge in [0, 0.05) is 30.6 Å². The fourth-order valence-corrected chi connectivity index (χ4v) is 3.23. The molecule has 0 aromatic carbocycles. The zero-order chi connectivity index (χ0) is 16.6. The van der Waals surface area contributed by atoms with E-state index >= 15 is 0 Å². The van der Waals surface area contributed by atoms with Crippen LogP contribution >= 0.6 is 24.8 Å². The van der Waals surface area contributed by atoms with Gasteiger partial charge >= 0.3 is 0 Å². The third-order valence-electron chi connectivity index (χ3n) is 4.60. The van der Waals surface area contributed by atoms with Gasteiger partial charge in [-0.1, -0.05) is 0 Å². The summed E-state index contributed by atoms with van der Waals surface area (Å²) in [6.45, 7) is 7.64. The van der Waals surface area contributed by atoms with E-state index in [2.05, 4.69) is 29.2 Å². The molecule has 2 aromatic heterocycles. The predicted molar refractivity (Wildman–Crippen MR) is 105 cm³/mol. The number of rotatable bonds is 3. The molecular weight excluding hydrogens is 361 g/mol. The van der Waals surface area contributed by atoms with Gasteiger partial charge in [-0.15, -0.1) is 24.8 Å². The minimum atomic E-state index is 0. The van der Waals surface area contributed by atoms with Crippen molar-refractivity contribution in [1.29, 1.82) is 0 Å². The van der Waals surface area contributed by atoms with Crippen LogP contribution in [0.15, 0.2) is 12.3 Å². The Hall–Kier alpha value is -1.37. The van der Waals surface area contributed by atoms with Gasteiger partial charge in [0.1, 0.15) is 0 Å². The monoisotopic (exact) mass is 387 g/mol. The van der Waals surface area contributed by atoms with Crippen LogP contribution < -0.4 is 5.32 Å². The van der Waals surface area contributed by atoms with Crippen molar-refractivity contribution in [3.05, 3.63) is 23.5 Å². The molecule has 140 valence electrons. The molecule has 6 nitrogen and oxygen atoms in total. The van der Waals surface area contributed by atoms with Crippen molar-refractivity contribution in [2.24, 2.45) is 0 Å². The number of fused-ring (bicyclic) bond motifs is 1. The van der Waals surface area contributed by atoms with Gasteiger partial charge in [0.05, 0.1) is 17.5 Å². The fraction of sp³-hybridized carbons (Fsp3) is 0.588. The standard InChI is InChI=1S/C17H25N5O.2ClH/c1-11(2)22-16-13(9-19-22)8-15(12(3)20-16)17(23)21-7-5-6-14(10-21)18-4;;/h8-9,11,14,18H,5-7,10H2,1-4H3;2*1H. The lowest BCUT2D eigenvalue weighted by Crippen LogP contribution is -2.47. The summed E-state index contributed by atoms with van der Waals surface area (Å²) in [7, 11) is 1.96. The Morgan fingerprint density at radius 1 is 1.36 bits per heavy atom. The molecule has 0 radical (unpaired) electrons. The number of carbonyl (C=O) groups excluding carboxylic acids is 1. The second-order valence-corrected chi connectivity index (χ2v) is 6.60. The Morgan fingerprint density at radius 2 is 2.08 bits per heavy atom. The number of aromatic nitrogens is 3. The molecule has 0 saturated carbocycles. The van der Waals surface area contributed by atoms with E-state index in [4.69, 9.17) is 0 Å². The normalized spacial score (nSPS) is 17.3. The molecule has 1 N–H and O–H groups in total. The van der Waals surface area contributed by atoms with E-state index in [0.717, 1.165) is 42.7 Å². The minimum absolute atomic E-state index is 0. The van der Waals surface area contributed by atoms with Crippen molar-refractivity contribution in [2.45, 2.75) is 45.7 Å². The molecule has 8 heteroatoms. The predicted octanol–water partition coefficient (Wildman–Crippen LogP) is 2.99. The van der Waals surface area contributed by atoms with Crippen LogP contribution in [0.2, 0.25) is 0 Å². The lowest BCUT2D eigenvalue weighted by atomic mass is 10.0. The molecule has 1 amide bonds. The molecule has 1 aliphatic rings. The zero-order valence-corrected chi connectivity index (χ0v) is 16.8. The van der Waals surface area contributed by atoms with Gasteiger partial charge < -0.3 is 10.2 Å². The Balaban J connectivity index is 0.00000156. The first kappa shape index (κ1) is 21.7. The Kier molecular flexibility index (Phi) is 7.65. The van der Waals surface area contributed by atoms with Crippen LogP contribution in [0.4, 0.5) is 0 Å². The fourth-order valence-electron chi connectivity index (χ4n) is 3.23. The van der Waals surface area contributed by atoms with Gasteiger partial charge in [-0.2, -0.15) is 5.10 Å². The number of halogens is 2. The molecule has 0 bridgehead atoms. The van der Waals surface area contributed by atoms with Gasteiger partial charge in [-0.25, -0.2) is 9.67 Å². The highest BCUT2D eigenvalue weighted by molar-refractivity contribution is 5.98. The second-order valence-electron chi connectivity index (χ2n) is 6.60. The number of pyridine rings is 1. The first-order valence-electron chi connectivity index (χ1n) is 8.32. The average Bonchev–Trinajstić information content (AvgIpc) is 2.96. The number of hydrogen-bond acceptors (Lipinski definition) is 4. The summed E-state index contributed by atoms with van der Waals surface area (Å²) < 4.78 is 1.90. The van der Waals surface area contributed by atoms with Gasteiger partial charge in [0.2, 0.25) is 0 Å². The number of nitrogens with zero attached hydrogens (tertiary/aromatic N) is 4. The molecule has 0 spiro atoms. The number of hydrogen-bond donors (Lipinski definition) is 1. The largest absolute Gasteiger partial charge is 0.337 e. The molecule has 2 aromatic rings. The topological polar surface area (TPSA) is 63.1 Å². The van der Waals surface area contributed by atoms with Gasteiger partial charge in [-0.05, 0) is 46.7 Å². The van der Waals surface area contributed by atoms with E-state index < -0.39 is 0 Å². The summed E-state index contributed by atoms with van der Waals surface area (Å²) in [5, 5.41) is 8.60. The van der Waals surface area contributed by atoms with E-state index in [9.17, 15) is 4.79 Å². The van der Waals surface area contributed by atoms with Crippen molar-refractivity contribution in [2.75, 3.05) is 20.1 Å². The molecule has 3 rings (SSSR count). The SMILES string of the molecule is CNC1CCCN(C(=O)c2cc3cnn(C(C)C)c3nc2C)C1.Cl.Cl. The molecule has 1 atom stereocenters. The van der Waals surface area contributed by atoms with Crippen LogP contribution in [0, 0.1) is 6.92 Å². The van der Waals surface area contributed by atoms with Crippen molar-refractivity contribution in [1.82, 2.24) is 25.0 Å². The van der Waals surface area contributed by atoms with Crippen molar-refractivity contribution in [3.63, 3.8) is 0 Å². The Morgan fingerprint density at radius 3 is 2.72 bits per heavy atom. The lowest BCUT2D eigenvalue weighted by molar-refractivity contribution is 0.0697. The molecule has 1 fully saturated rings. The number of likely N-dealkylation sites (N-methyl/N-ethyl adjacent to an activating group) is 1. The third kappa shape index (κ3) is 4.25. The third-order valence-corrected chi connectivity index (χ3v) is 4.60. The summed E-state index contributed by atoms with van der Waals surface area (Å²) >= 11 is 0. The number of likely N-dealkylation sites (tertiary alicyclic amines) is 1. The highest BCUT2D eigenvalue weighted by Gasteiger charge is 2.25. The maximum Gasteiger partial charge on any atom is 0.255 e. The highest BCUT2D eigenvalue weighted by atomic mass is 35.5. The van der Waals surface area contributed by atoms with Crippen molar-refractivity contribution in [3.8, 4) is 0 Å². The van der Waals surface area contributed by atoms with Crippen LogP contribution in [-0.2, 0) is 0 Å². The second kappa shape index (κ2) is 8.83. The van der Waals surface area contributed by atoms with Crippen LogP contribution in [0.3, 0.4) is 0 Å². The van der Waals surface area contributed by atoms with E-state index in [-0.39, 0.29) is 36.8 Å². The van der Waals surface area contributed by atoms with Crippen molar-refractivity contribution >= 4 is 41.8 Å². The maximum absolute atomic E-state index is 12.9. The molecular formula is C17H27Cl2N5O. The van der Waals surface area contributed by atoms with E-state index in [0.29, 0.717) is 11.6 Å². The summed E-state index contributed by atoms with van der Waals surface area (Å²) in [4.78, 5) is 19.5. The van der Waals surface area contributed by atoms with Crippen LogP contribution in [0.1, 0.15) is 48.8 Å². The first-order valence-corrected chi connectivity index (χ1v) is 8.32. The highest BCUT2D eigenvalue weighted by Crippen LogP contribution is 2.21. The number of piperidine rings is 1. The van der Waals surface area contributed by atoms with Gasteiger partial charge in [-0.3, -0.25) is 4.79 Å². The maximum atomic E-state index is 12.9. The molecule has 0 aliphatic carbocycles. The molecule has 25 heavy (non-hydrogen) atoms. The van der Waals surface area contributed by atoms with Crippen molar-refractivity contribution < 1.29 is 4.79 Å². The number of aryl methyl sites for hydroxylation is 1. The van der Waals surface area contributed by atoms with Crippen LogP contribution in [0.25, 0.3) is 11.0 Å². The molecule has 3 heterocycles. The van der Waals surface area contributed by atoms with E-state index in [1.165, 1.54) is 0 Å². The van der Waals surface area contributed by atoms with Gasteiger partial charge in [0.15, 0.2) is 5.65 Å². The van der Waals surface area contributed by atoms with Gasteiger partial charge in [0.25, 0.3) is 5.91 Å². The Labute approximate surface area is 161 Å². The molecule has 1 aliphatic heterocycles. The first-order chi connectivity index (χ1) is 11.0. The lowest BCUT2D eigenvalue weighted by Gasteiger charge is -2.32. The average molecular weight is 388 g/mol. The smallest absolute Gasteiger partial charge is 0.255 e. The number of nitrogens with one attached hydrogen (secondary N) is 1. The molecule has 1 saturated heterocycles.